The number of nitrogens with zero attached hydrogens (tertiary/aromatic N) is 1. The van der Waals surface area contributed by atoms with Crippen molar-refractivity contribution in [3.63, 3.8) is 0 Å². The second-order valence-corrected chi connectivity index (χ2v) is 24.3. The Hall–Kier alpha value is -2.46. The molecule has 0 saturated heterocycles. The number of hydrogen-bond donors (Lipinski definition) is 2. The van der Waals surface area contributed by atoms with Crippen LogP contribution in [0.1, 0.15) is 161 Å². The lowest BCUT2D eigenvalue weighted by molar-refractivity contribution is -0.180. The number of Topliss-reactive ketones (excluding diaryl/α,β-unsaturated/α-hetero) is 1. The number of carbonyl (C=O) groups is 2. The number of ketones is 1. The molecule has 8 aliphatic rings. The molecule has 2 aromatic rings. The summed E-state index contributed by atoms with van der Waals surface area (Å²) in [5.41, 5.74) is 0.167. The molecule has 8 nitrogen and oxygen atoms in total. The van der Waals surface area contributed by atoms with Crippen LogP contribution in [0.15, 0.2) is 53.0 Å². The van der Waals surface area contributed by atoms with E-state index >= 15 is 0 Å². The molecular formula is C57H86BrNO7. The Morgan fingerprint density at radius 2 is 1.03 bits per heavy atom. The molecular weight excluding hydrogens is 891 g/mol. The van der Waals surface area contributed by atoms with E-state index in [1.165, 1.54) is 82.1 Å². The Morgan fingerprint density at radius 3 is 1.52 bits per heavy atom. The van der Waals surface area contributed by atoms with Gasteiger partial charge < -0.3 is 19.7 Å². The van der Waals surface area contributed by atoms with E-state index in [4.69, 9.17) is 14.3 Å². The predicted molar refractivity (Wildman–Crippen MR) is 267 cm³/mol. The second-order valence-electron chi connectivity index (χ2n) is 23.4. The molecule has 9 heteroatoms. The van der Waals surface area contributed by atoms with Crippen molar-refractivity contribution in [1.82, 2.24) is 5.06 Å². The highest BCUT2D eigenvalue weighted by atomic mass is 79.9. The lowest BCUT2D eigenvalue weighted by Gasteiger charge is -2.56. The third kappa shape index (κ3) is 9.82. The van der Waals surface area contributed by atoms with Gasteiger partial charge in [0.15, 0.2) is 5.78 Å². The highest BCUT2D eigenvalue weighted by Gasteiger charge is 2.61. The predicted octanol–water partition coefficient (Wildman–Crippen LogP) is 13.0. The van der Waals surface area contributed by atoms with Crippen LogP contribution in [0.4, 0.5) is 0 Å². The number of methoxy groups -OCH3 is 2. The zero-order valence-corrected chi connectivity index (χ0v) is 42.6. The monoisotopic (exact) mass is 976 g/mol. The van der Waals surface area contributed by atoms with Crippen molar-refractivity contribution < 1.29 is 34.1 Å². The van der Waals surface area contributed by atoms with E-state index in [-0.39, 0.29) is 36.0 Å². The van der Waals surface area contributed by atoms with Crippen LogP contribution in [0, 0.1) is 81.8 Å². The molecule has 8 fully saturated rings. The van der Waals surface area contributed by atoms with E-state index < -0.39 is 11.2 Å². The summed E-state index contributed by atoms with van der Waals surface area (Å²) >= 11 is 3.33. The molecule has 16 atom stereocenters. The molecule has 2 N–H and O–H groups in total. The summed E-state index contributed by atoms with van der Waals surface area (Å²) in [5, 5.41) is 22.6. The van der Waals surface area contributed by atoms with Crippen molar-refractivity contribution in [1.29, 1.82) is 0 Å². The first kappa shape index (κ1) is 51.4. The van der Waals surface area contributed by atoms with Gasteiger partial charge in [-0.05, 0) is 240 Å². The second kappa shape index (κ2) is 20.5. The van der Waals surface area contributed by atoms with Crippen molar-refractivity contribution in [3.05, 3.63) is 58.6 Å². The van der Waals surface area contributed by atoms with Crippen molar-refractivity contribution in [2.75, 3.05) is 28.4 Å². The Balaban J connectivity index is 0.000000164. The molecule has 0 radical (unpaired) electrons. The molecule has 8 aliphatic carbocycles. The summed E-state index contributed by atoms with van der Waals surface area (Å²) < 4.78 is 11.5. The molecule has 0 aromatic heterocycles. The highest BCUT2D eigenvalue weighted by Crippen LogP contribution is 2.66. The molecule has 368 valence electrons. The fraction of sp³-hybridized carbons (Fsp3) is 0.754. The fourth-order valence-corrected chi connectivity index (χ4v) is 17.4. The van der Waals surface area contributed by atoms with E-state index in [1.807, 2.05) is 62.4 Å². The SMILES string of the molecule is C.CON(C)C(=O)[C@H]1CC[C@H]2[C@@H]3CC[C@@H]4C[C@](C)(O)CC[C@@H]4[C@H]3CC[C@]12C.COc1ccccc1Br.COc1ccccc1C(=O)[C@H]1CC[C@H]2[C@@H]3CC[C@@H]4C[C@](C)(O)CC[C@@H]4[C@H]3CC[C@]12C. The summed E-state index contributed by atoms with van der Waals surface area (Å²) in [7, 11) is 6.66. The third-order valence-corrected chi connectivity index (χ3v) is 20.8. The minimum absolute atomic E-state index is 0. The van der Waals surface area contributed by atoms with Gasteiger partial charge in [0, 0.05) is 18.9 Å². The maximum atomic E-state index is 13.6. The Labute approximate surface area is 407 Å². The molecule has 0 aliphatic heterocycles. The zero-order valence-electron chi connectivity index (χ0n) is 41.0. The van der Waals surface area contributed by atoms with Crippen molar-refractivity contribution in [2.24, 2.45) is 81.8 Å². The first-order chi connectivity index (χ1) is 30.9. The third-order valence-electron chi connectivity index (χ3n) is 20.1. The molecule has 8 saturated carbocycles. The van der Waals surface area contributed by atoms with Crippen LogP contribution in [0.5, 0.6) is 11.5 Å². The number of ether oxygens (including phenoxy) is 2. The van der Waals surface area contributed by atoms with Crippen LogP contribution in [-0.4, -0.2) is 66.5 Å². The molecule has 0 bridgehead atoms. The van der Waals surface area contributed by atoms with Crippen LogP contribution in [-0.2, 0) is 9.63 Å². The van der Waals surface area contributed by atoms with Gasteiger partial charge in [0.2, 0.25) is 5.91 Å². The van der Waals surface area contributed by atoms with Gasteiger partial charge in [0.1, 0.15) is 11.5 Å². The molecule has 66 heavy (non-hydrogen) atoms. The molecule has 1 amide bonds. The first-order valence-electron chi connectivity index (χ1n) is 25.7. The van der Waals surface area contributed by atoms with Gasteiger partial charge in [-0.3, -0.25) is 14.4 Å². The van der Waals surface area contributed by atoms with Gasteiger partial charge in [0.25, 0.3) is 0 Å². The van der Waals surface area contributed by atoms with Crippen LogP contribution in [0.25, 0.3) is 0 Å². The standard InChI is InChI=1S/C27H38O3.C22H37NO3.C7H7BrO.CH4/c1-26(29)14-12-18-17(16-26)8-9-20-19(18)13-15-27(2)22(20)10-11-23(27)25(28)21-6-4-5-7-24(21)30-3;1-21(25)11-9-15-14(13-21)5-6-17-16(15)10-12-22(2)18(17)7-8-19(22)20(24)23(3)26-4;1-9-7-5-3-2-4-6(7)8;/h4-7,17-20,22-23,29H,8-16H2,1-3H3;14-19,25H,5-13H2,1-4H3;2-5H,1H3;1H4/t17-,18+,19-,20-,22+,23-,26-,27+;14-,15+,16-,17-,18+,19-,21-,22+;;/m11../s1. The van der Waals surface area contributed by atoms with Crippen molar-refractivity contribution in [2.45, 2.75) is 162 Å². The minimum atomic E-state index is -0.448. The van der Waals surface area contributed by atoms with Crippen LogP contribution in [0.3, 0.4) is 0 Å². The molecule has 0 spiro atoms. The van der Waals surface area contributed by atoms with Crippen molar-refractivity contribution >= 4 is 27.6 Å². The summed E-state index contributed by atoms with van der Waals surface area (Å²) in [6, 6.07) is 15.5. The number of hydroxylamine groups is 2. The average Bonchev–Trinajstić information content (AvgIpc) is 3.84. The number of fused-ring (bicyclic) bond motifs is 10. The summed E-state index contributed by atoms with van der Waals surface area (Å²) in [5.74, 6) is 10.00. The number of para-hydroxylation sites is 2. The fourth-order valence-electron chi connectivity index (χ4n) is 17.0. The molecule has 2 aromatic carbocycles. The number of benzene rings is 2. The zero-order chi connectivity index (χ0) is 46.5. The minimum Gasteiger partial charge on any atom is -0.496 e. The lowest BCUT2D eigenvalue weighted by atomic mass is 9.49. The number of amides is 1. The van der Waals surface area contributed by atoms with E-state index in [1.54, 1.807) is 28.4 Å². The maximum absolute atomic E-state index is 13.6. The summed E-state index contributed by atoms with van der Waals surface area (Å²) in [6.45, 7) is 8.90. The van der Waals surface area contributed by atoms with Crippen LogP contribution >= 0.6 is 15.9 Å². The van der Waals surface area contributed by atoms with E-state index in [0.29, 0.717) is 23.5 Å². The Bertz CT molecular complexity index is 1990. The Kier molecular flexibility index (Phi) is 15.9. The summed E-state index contributed by atoms with van der Waals surface area (Å²) in [6.07, 6.45) is 20.9. The number of rotatable bonds is 6. The van der Waals surface area contributed by atoms with Gasteiger partial charge in [-0.2, -0.15) is 0 Å². The van der Waals surface area contributed by atoms with E-state index in [2.05, 4.69) is 29.8 Å². The topological polar surface area (TPSA) is 106 Å². The number of hydrogen-bond acceptors (Lipinski definition) is 7. The van der Waals surface area contributed by atoms with Crippen LogP contribution in [0.2, 0.25) is 0 Å². The van der Waals surface area contributed by atoms with Crippen LogP contribution < -0.4 is 9.47 Å². The van der Waals surface area contributed by atoms with Gasteiger partial charge in [-0.25, -0.2) is 5.06 Å². The highest BCUT2D eigenvalue weighted by molar-refractivity contribution is 9.10. The quantitative estimate of drug-likeness (QED) is 0.219. The van der Waals surface area contributed by atoms with Gasteiger partial charge in [0.05, 0.1) is 42.6 Å². The lowest BCUT2D eigenvalue weighted by Crippen LogP contribution is -2.51. The Morgan fingerprint density at radius 1 is 0.576 bits per heavy atom. The largest absolute Gasteiger partial charge is 0.496 e. The molecule has 10 rings (SSSR count). The molecule has 0 heterocycles. The molecule has 0 unspecified atom stereocenters. The summed E-state index contributed by atoms with van der Waals surface area (Å²) in [4.78, 5) is 31.7. The van der Waals surface area contributed by atoms with E-state index in [9.17, 15) is 19.8 Å². The average molecular weight is 977 g/mol. The van der Waals surface area contributed by atoms with Gasteiger partial charge in [-0.15, -0.1) is 0 Å². The van der Waals surface area contributed by atoms with Gasteiger partial charge in [-0.1, -0.05) is 45.5 Å². The normalized spacial score (nSPS) is 41.7. The number of carbonyl (C=O) groups excluding carboxylic acids is 2. The number of halogens is 1. The van der Waals surface area contributed by atoms with E-state index in [0.717, 1.165) is 101 Å². The number of aliphatic hydroxyl groups is 2. The van der Waals surface area contributed by atoms with Crippen molar-refractivity contribution in [3.8, 4) is 11.5 Å². The maximum Gasteiger partial charge on any atom is 0.249 e. The smallest absolute Gasteiger partial charge is 0.249 e. The first-order valence-corrected chi connectivity index (χ1v) is 26.5. The van der Waals surface area contributed by atoms with Gasteiger partial charge >= 0.3 is 0 Å².